The molecule has 0 spiro atoms. The van der Waals surface area contributed by atoms with Crippen LogP contribution in [0.1, 0.15) is 5.82 Å². The van der Waals surface area contributed by atoms with Crippen LogP contribution in [0.25, 0.3) is 0 Å². The van der Waals surface area contributed by atoms with Crippen molar-refractivity contribution in [2.45, 2.75) is 17.1 Å². The molecule has 0 aliphatic rings. The lowest BCUT2D eigenvalue weighted by atomic mass is 10.6. The number of nitrogens with one attached hydrogen (secondary N) is 2. The quantitative estimate of drug-likeness (QED) is 0.757. The SMILES string of the molecule is CNc1cc(Sc2n[nH]c(C)n2)ncn1. The highest BCUT2D eigenvalue weighted by molar-refractivity contribution is 7.99. The molecular weight excluding hydrogens is 212 g/mol. The summed E-state index contributed by atoms with van der Waals surface area (Å²) >= 11 is 1.39. The molecule has 0 amide bonds. The Morgan fingerprint density at radius 2 is 2.27 bits per heavy atom. The van der Waals surface area contributed by atoms with Gasteiger partial charge < -0.3 is 5.32 Å². The van der Waals surface area contributed by atoms with Crippen molar-refractivity contribution in [1.29, 1.82) is 0 Å². The number of anilines is 1. The maximum Gasteiger partial charge on any atom is 0.214 e. The van der Waals surface area contributed by atoms with Crippen LogP contribution in [0.15, 0.2) is 22.6 Å². The van der Waals surface area contributed by atoms with E-state index in [0.29, 0.717) is 5.16 Å². The number of rotatable bonds is 3. The fourth-order valence-corrected chi connectivity index (χ4v) is 1.72. The lowest BCUT2D eigenvalue weighted by Gasteiger charge is -1.99. The molecule has 7 heteroatoms. The van der Waals surface area contributed by atoms with Gasteiger partial charge in [-0.1, -0.05) is 0 Å². The number of nitrogens with zero attached hydrogens (tertiary/aromatic N) is 4. The Balaban J connectivity index is 2.16. The van der Waals surface area contributed by atoms with Gasteiger partial charge in [-0.05, 0) is 18.7 Å². The van der Waals surface area contributed by atoms with Crippen LogP contribution in [-0.4, -0.2) is 32.2 Å². The maximum atomic E-state index is 4.18. The van der Waals surface area contributed by atoms with E-state index in [1.165, 1.54) is 18.1 Å². The summed E-state index contributed by atoms with van der Waals surface area (Å²) in [5, 5.41) is 11.2. The third kappa shape index (κ3) is 2.44. The second-order valence-electron chi connectivity index (χ2n) is 2.80. The lowest BCUT2D eigenvalue weighted by molar-refractivity contribution is 0.960. The molecule has 2 aromatic heterocycles. The van der Waals surface area contributed by atoms with Crippen LogP contribution in [0.2, 0.25) is 0 Å². The lowest BCUT2D eigenvalue weighted by Crippen LogP contribution is -1.93. The third-order valence-corrected chi connectivity index (χ3v) is 2.47. The molecule has 0 saturated heterocycles. The van der Waals surface area contributed by atoms with E-state index in [2.05, 4.69) is 30.5 Å². The first-order valence-corrected chi connectivity index (χ1v) is 5.16. The van der Waals surface area contributed by atoms with Crippen LogP contribution in [-0.2, 0) is 0 Å². The predicted octanol–water partition coefficient (Wildman–Crippen LogP) is 1.10. The summed E-state index contributed by atoms with van der Waals surface area (Å²) in [7, 11) is 1.81. The van der Waals surface area contributed by atoms with Gasteiger partial charge in [-0.2, -0.15) is 0 Å². The van der Waals surface area contributed by atoms with Crippen LogP contribution in [0.3, 0.4) is 0 Å². The van der Waals surface area contributed by atoms with Crippen molar-refractivity contribution in [1.82, 2.24) is 25.1 Å². The molecular formula is C8H10N6S. The smallest absolute Gasteiger partial charge is 0.214 e. The van der Waals surface area contributed by atoms with E-state index in [1.807, 2.05) is 20.0 Å². The average molecular weight is 222 g/mol. The van der Waals surface area contributed by atoms with Crippen LogP contribution in [0.4, 0.5) is 5.82 Å². The first-order valence-electron chi connectivity index (χ1n) is 4.34. The van der Waals surface area contributed by atoms with E-state index < -0.39 is 0 Å². The molecule has 0 aliphatic heterocycles. The first-order chi connectivity index (χ1) is 7.28. The number of hydrogen-bond acceptors (Lipinski definition) is 6. The number of hydrogen-bond donors (Lipinski definition) is 2. The molecule has 6 nitrogen and oxygen atoms in total. The Labute approximate surface area is 90.9 Å². The van der Waals surface area contributed by atoms with Crippen LogP contribution < -0.4 is 5.32 Å². The Kier molecular flexibility index (Phi) is 2.82. The number of H-pyrrole nitrogens is 1. The van der Waals surface area contributed by atoms with Crippen molar-refractivity contribution in [3.63, 3.8) is 0 Å². The predicted molar refractivity (Wildman–Crippen MR) is 56.8 cm³/mol. The van der Waals surface area contributed by atoms with Crippen LogP contribution in [0.5, 0.6) is 0 Å². The van der Waals surface area contributed by atoms with E-state index in [-0.39, 0.29) is 0 Å². The molecule has 0 radical (unpaired) electrons. The largest absolute Gasteiger partial charge is 0.373 e. The van der Waals surface area contributed by atoms with Gasteiger partial charge in [-0.25, -0.2) is 15.0 Å². The van der Waals surface area contributed by atoms with Crippen molar-refractivity contribution < 1.29 is 0 Å². The Hall–Kier alpha value is -1.63. The fourth-order valence-electron chi connectivity index (χ4n) is 0.993. The van der Waals surface area contributed by atoms with E-state index in [9.17, 15) is 0 Å². The Morgan fingerprint density at radius 3 is 2.93 bits per heavy atom. The summed E-state index contributed by atoms with van der Waals surface area (Å²) in [4.78, 5) is 12.3. The highest BCUT2D eigenvalue weighted by Crippen LogP contribution is 2.23. The molecule has 2 rings (SSSR count). The number of aromatic nitrogens is 5. The zero-order valence-corrected chi connectivity index (χ0v) is 9.17. The van der Waals surface area contributed by atoms with E-state index in [4.69, 9.17) is 0 Å². The zero-order chi connectivity index (χ0) is 10.7. The molecule has 15 heavy (non-hydrogen) atoms. The monoisotopic (exact) mass is 222 g/mol. The minimum Gasteiger partial charge on any atom is -0.373 e. The van der Waals surface area contributed by atoms with Gasteiger partial charge in [0.25, 0.3) is 0 Å². The molecule has 0 fully saturated rings. The molecule has 0 aromatic carbocycles. The van der Waals surface area contributed by atoms with Crippen LogP contribution in [0, 0.1) is 6.92 Å². The Morgan fingerprint density at radius 1 is 1.40 bits per heavy atom. The summed E-state index contributed by atoms with van der Waals surface area (Å²) in [6.07, 6.45) is 1.51. The highest BCUT2D eigenvalue weighted by atomic mass is 32.2. The minimum atomic E-state index is 0.660. The summed E-state index contributed by atoms with van der Waals surface area (Å²) in [5.41, 5.74) is 0. The van der Waals surface area contributed by atoms with Crippen molar-refractivity contribution in [2.24, 2.45) is 0 Å². The van der Waals surface area contributed by atoms with Gasteiger partial charge in [-0.15, -0.1) is 5.10 Å². The molecule has 2 aromatic rings. The van der Waals surface area contributed by atoms with Gasteiger partial charge in [-0.3, -0.25) is 5.10 Å². The number of aromatic amines is 1. The molecule has 2 N–H and O–H groups in total. The summed E-state index contributed by atoms with van der Waals surface area (Å²) < 4.78 is 0. The summed E-state index contributed by atoms with van der Waals surface area (Å²) in [6.45, 7) is 1.86. The van der Waals surface area contributed by atoms with E-state index >= 15 is 0 Å². The number of aryl methyl sites for hydroxylation is 1. The highest BCUT2D eigenvalue weighted by Gasteiger charge is 2.04. The standard InChI is InChI=1S/C8H10N6S/c1-5-12-8(14-13-5)15-7-3-6(9-2)10-4-11-7/h3-4H,1-2H3,(H,9,10,11)(H,12,13,14). The van der Waals surface area contributed by atoms with Gasteiger partial charge in [0, 0.05) is 13.1 Å². The zero-order valence-electron chi connectivity index (χ0n) is 8.35. The molecule has 0 bridgehead atoms. The first kappa shape index (κ1) is 9.91. The fraction of sp³-hybridized carbons (Fsp3) is 0.250. The molecule has 0 saturated carbocycles. The normalized spacial score (nSPS) is 10.3. The topological polar surface area (TPSA) is 79.4 Å². The minimum absolute atomic E-state index is 0.660. The van der Waals surface area contributed by atoms with Gasteiger partial charge in [0.1, 0.15) is 23.0 Å². The summed E-state index contributed by atoms with van der Waals surface area (Å²) in [6, 6.07) is 1.84. The molecule has 2 heterocycles. The van der Waals surface area contributed by atoms with E-state index in [0.717, 1.165) is 16.7 Å². The van der Waals surface area contributed by atoms with Gasteiger partial charge in [0.15, 0.2) is 0 Å². The summed E-state index contributed by atoms with van der Waals surface area (Å²) in [5.74, 6) is 1.57. The van der Waals surface area contributed by atoms with Crippen molar-refractivity contribution in [3.8, 4) is 0 Å². The van der Waals surface area contributed by atoms with Gasteiger partial charge in [0.2, 0.25) is 5.16 Å². The average Bonchev–Trinajstić information content (AvgIpc) is 2.64. The van der Waals surface area contributed by atoms with Crippen molar-refractivity contribution in [3.05, 3.63) is 18.2 Å². The Bertz CT molecular complexity index is 454. The molecule has 0 atom stereocenters. The van der Waals surface area contributed by atoms with Gasteiger partial charge >= 0.3 is 0 Å². The van der Waals surface area contributed by atoms with Crippen molar-refractivity contribution >= 4 is 17.6 Å². The molecule has 78 valence electrons. The van der Waals surface area contributed by atoms with Gasteiger partial charge in [0.05, 0.1) is 0 Å². The second kappa shape index (κ2) is 4.26. The third-order valence-electron chi connectivity index (χ3n) is 1.67. The van der Waals surface area contributed by atoms with Crippen LogP contribution >= 0.6 is 11.8 Å². The molecule has 0 aliphatic carbocycles. The van der Waals surface area contributed by atoms with Crippen molar-refractivity contribution in [2.75, 3.05) is 12.4 Å². The maximum absolute atomic E-state index is 4.18. The second-order valence-corrected chi connectivity index (χ2v) is 3.78. The van der Waals surface area contributed by atoms with E-state index in [1.54, 1.807) is 0 Å². The molecule has 0 unspecified atom stereocenters.